The molecule has 102 valence electrons. The quantitative estimate of drug-likeness (QED) is 0.703. The number of nitrogens with one attached hydrogen (secondary N) is 2. The standard InChI is InChI=1S/C13H18N4OS/c1-7-5-9(12(14)19)6-11(15-7)16-8(2)13(18)17-10-3-4-10/h5-6,8,10H,3-4H2,1-2H3,(H2,14,19)(H,15,16)(H,17,18). The van der Waals surface area contributed by atoms with Crippen LogP contribution in [0.1, 0.15) is 31.0 Å². The van der Waals surface area contributed by atoms with Crippen molar-refractivity contribution in [2.24, 2.45) is 5.73 Å². The number of nitrogens with zero attached hydrogens (tertiary/aromatic N) is 1. The van der Waals surface area contributed by atoms with Gasteiger partial charge in [-0.15, -0.1) is 0 Å². The van der Waals surface area contributed by atoms with Crippen molar-refractivity contribution < 1.29 is 4.79 Å². The van der Waals surface area contributed by atoms with Crippen molar-refractivity contribution in [2.45, 2.75) is 38.8 Å². The van der Waals surface area contributed by atoms with Crippen LogP contribution in [0.15, 0.2) is 12.1 Å². The Labute approximate surface area is 118 Å². The number of pyridine rings is 1. The van der Waals surface area contributed by atoms with Crippen molar-refractivity contribution >= 4 is 28.9 Å². The lowest BCUT2D eigenvalue weighted by molar-refractivity contribution is -0.121. The third-order valence-corrected chi connectivity index (χ3v) is 3.16. The molecule has 1 aromatic heterocycles. The molecule has 1 unspecified atom stereocenters. The van der Waals surface area contributed by atoms with Crippen molar-refractivity contribution in [1.82, 2.24) is 10.3 Å². The van der Waals surface area contributed by atoms with Crippen molar-refractivity contribution in [1.29, 1.82) is 0 Å². The van der Waals surface area contributed by atoms with Crippen LogP contribution < -0.4 is 16.4 Å². The van der Waals surface area contributed by atoms with Crippen molar-refractivity contribution in [3.63, 3.8) is 0 Å². The van der Waals surface area contributed by atoms with Gasteiger partial charge in [0, 0.05) is 17.3 Å². The highest BCUT2D eigenvalue weighted by Crippen LogP contribution is 2.19. The highest BCUT2D eigenvalue weighted by molar-refractivity contribution is 7.80. The molecule has 0 aliphatic heterocycles. The van der Waals surface area contributed by atoms with Crippen LogP contribution in [0.4, 0.5) is 5.82 Å². The van der Waals surface area contributed by atoms with Gasteiger partial charge in [-0.05, 0) is 38.8 Å². The zero-order valence-corrected chi connectivity index (χ0v) is 11.9. The van der Waals surface area contributed by atoms with E-state index in [1.807, 2.05) is 19.9 Å². The molecule has 1 fully saturated rings. The van der Waals surface area contributed by atoms with Gasteiger partial charge < -0.3 is 16.4 Å². The van der Waals surface area contributed by atoms with Crippen LogP contribution in [0, 0.1) is 6.92 Å². The predicted octanol–water partition coefficient (Wildman–Crippen LogP) is 1.10. The Kier molecular flexibility index (Phi) is 3.99. The molecule has 1 heterocycles. The SMILES string of the molecule is Cc1cc(C(N)=S)cc(NC(C)C(=O)NC2CC2)n1. The second kappa shape index (κ2) is 5.52. The summed E-state index contributed by atoms with van der Waals surface area (Å²) in [5.74, 6) is 0.601. The number of amides is 1. The Morgan fingerprint density at radius 1 is 1.53 bits per heavy atom. The molecule has 1 aliphatic rings. The van der Waals surface area contributed by atoms with Gasteiger partial charge in [-0.1, -0.05) is 12.2 Å². The normalized spacial score (nSPS) is 15.7. The number of rotatable bonds is 5. The largest absolute Gasteiger partial charge is 0.389 e. The molecule has 0 bridgehead atoms. The summed E-state index contributed by atoms with van der Waals surface area (Å²) in [5, 5.41) is 6.02. The first-order valence-corrected chi connectivity index (χ1v) is 6.72. The summed E-state index contributed by atoms with van der Waals surface area (Å²) in [6.07, 6.45) is 2.15. The van der Waals surface area contributed by atoms with Crippen molar-refractivity contribution in [3.8, 4) is 0 Å². The van der Waals surface area contributed by atoms with Gasteiger partial charge in [0.2, 0.25) is 5.91 Å². The topological polar surface area (TPSA) is 80.0 Å². The summed E-state index contributed by atoms with van der Waals surface area (Å²) in [7, 11) is 0. The minimum absolute atomic E-state index is 0.0114. The number of aryl methyl sites for hydroxylation is 1. The van der Waals surface area contributed by atoms with Gasteiger partial charge in [0.15, 0.2) is 0 Å². The second-order valence-corrected chi connectivity index (χ2v) is 5.34. The molecular weight excluding hydrogens is 260 g/mol. The van der Waals surface area contributed by atoms with Crippen LogP contribution in [0.25, 0.3) is 0 Å². The zero-order chi connectivity index (χ0) is 14.0. The van der Waals surface area contributed by atoms with Crippen LogP contribution >= 0.6 is 12.2 Å². The average Bonchev–Trinajstić information content (AvgIpc) is 3.11. The number of aromatic nitrogens is 1. The molecule has 1 amide bonds. The van der Waals surface area contributed by atoms with E-state index in [4.69, 9.17) is 18.0 Å². The number of hydrogen-bond acceptors (Lipinski definition) is 4. The first-order chi connectivity index (χ1) is 8.95. The monoisotopic (exact) mass is 278 g/mol. The van der Waals surface area contributed by atoms with Crippen LogP contribution in [-0.2, 0) is 4.79 Å². The molecule has 19 heavy (non-hydrogen) atoms. The van der Waals surface area contributed by atoms with E-state index in [9.17, 15) is 4.79 Å². The molecule has 0 aromatic carbocycles. The Morgan fingerprint density at radius 3 is 2.79 bits per heavy atom. The van der Waals surface area contributed by atoms with E-state index >= 15 is 0 Å². The fourth-order valence-electron chi connectivity index (χ4n) is 1.73. The number of hydrogen-bond donors (Lipinski definition) is 3. The van der Waals surface area contributed by atoms with E-state index in [1.54, 1.807) is 6.07 Å². The van der Waals surface area contributed by atoms with Gasteiger partial charge in [0.05, 0.1) is 0 Å². The Balaban J connectivity index is 2.04. The Bertz CT molecular complexity index is 513. The molecule has 1 saturated carbocycles. The summed E-state index contributed by atoms with van der Waals surface area (Å²) in [5.41, 5.74) is 7.17. The maximum atomic E-state index is 11.8. The van der Waals surface area contributed by atoms with E-state index in [2.05, 4.69) is 15.6 Å². The lowest BCUT2D eigenvalue weighted by Crippen LogP contribution is -2.38. The lowest BCUT2D eigenvalue weighted by Gasteiger charge is -2.15. The van der Waals surface area contributed by atoms with Crippen molar-refractivity contribution in [3.05, 3.63) is 23.4 Å². The molecule has 1 aromatic rings. The zero-order valence-electron chi connectivity index (χ0n) is 11.1. The van der Waals surface area contributed by atoms with Gasteiger partial charge in [-0.2, -0.15) is 0 Å². The smallest absolute Gasteiger partial charge is 0.242 e. The molecule has 0 saturated heterocycles. The minimum Gasteiger partial charge on any atom is -0.389 e. The molecule has 4 N–H and O–H groups in total. The fourth-order valence-corrected chi connectivity index (χ4v) is 1.84. The molecule has 0 spiro atoms. The number of thiocarbonyl (C=S) groups is 1. The Hall–Kier alpha value is -1.69. The molecule has 0 radical (unpaired) electrons. The lowest BCUT2D eigenvalue weighted by atomic mass is 10.2. The fraction of sp³-hybridized carbons (Fsp3) is 0.462. The summed E-state index contributed by atoms with van der Waals surface area (Å²) in [4.78, 5) is 16.5. The van der Waals surface area contributed by atoms with Crippen LogP contribution in [0.2, 0.25) is 0 Å². The van der Waals surface area contributed by atoms with Crippen LogP contribution in [-0.4, -0.2) is 28.0 Å². The summed E-state index contributed by atoms with van der Waals surface area (Å²) in [6.45, 7) is 3.67. The van der Waals surface area contributed by atoms with Gasteiger partial charge in [-0.3, -0.25) is 4.79 Å². The van der Waals surface area contributed by atoms with E-state index in [0.29, 0.717) is 16.8 Å². The molecular formula is C13H18N4OS. The molecule has 5 nitrogen and oxygen atoms in total. The van der Waals surface area contributed by atoms with Gasteiger partial charge in [0.25, 0.3) is 0 Å². The van der Waals surface area contributed by atoms with Gasteiger partial charge in [0.1, 0.15) is 16.8 Å². The predicted molar refractivity (Wildman–Crippen MR) is 79.1 cm³/mol. The highest BCUT2D eigenvalue weighted by atomic mass is 32.1. The first-order valence-electron chi connectivity index (χ1n) is 6.31. The summed E-state index contributed by atoms with van der Waals surface area (Å²) >= 11 is 4.95. The molecule has 1 aliphatic carbocycles. The number of anilines is 1. The van der Waals surface area contributed by atoms with Gasteiger partial charge in [-0.25, -0.2) is 4.98 Å². The van der Waals surface area contributed by atoms with Gasteiger partial charge >= 0.3 is 0 Å². The number of carbonyl (C=O) groups is 1. The van der Waals surface area contributed by atoms with E-state index in [1.165, 1.54) is 0 Å². The van der Waals surface area contributed by atoms with Crippen LogP contribution in [0.3, 0.4) is 0 Å². The third-order valence-electron chi connectivity index (χ3n) is 2.92. The van der Waals surface area contributed by atoms with Crippen LogP contribution in [0.5, 0.6) is 0 Å². The average molecular weight is 278 g/mol. The molecule has 2 rings (SSSR count). The maximum absolute atomic E-state index is 11.8. The highest BCUT2D eigenvalue weighted by Gasteiger charge is 2.25. The van der Waals surface area contributed by atoms with E-state index in [0.717, 1.165) is 24.1 Å². The Morgan fingerprint density at radius 2 is 2.21 bits per heavy atom. The van der Waals surface area contributed by atoms with E-state index < -0.39 is 0 Å². The molecule has 1 atom stereocenters. The first kappa shape index (κ1) is 13.7. The number of carbonyl (C=O) groups excluding carboxylic acids is 1. The van der Waals surface area contributed by atoms with E-state index in [-0.39, 0.29) is 11.9 Å². The molecule has 6 heteroatoms. The van der Waals surface area contributed by atoms with Crippen molar-refractivity contribution in [2.75, 3.05) is 5.32 Å². The summed E-state index contributed by atoms with van der Waals surface area (Å²) in [6, 6.07) is 3.60. The maximum Gasteiger partial charge on any atom is 0.242 e. The third kappa shape index (κ3) is 3.89. The number of nitrogens with two attached hydrogens (primary N) is 1. The second-order valence-electron chi connectivity index (χ2n) is 4.90. The summed E-state index contributed by atoms with van der Waals surface area (Å²) < 4.78 is 0. The minimum atomic E-state index is -0.339.